The van der Waals surface area contributed by atoms with Crippen molar-refractivity contribution in [2.24, 2.45) is 5.92 Å². The molecule has 0 saturated heterocycles. The quantitative estimate of drug-likeness (QED) is 0.193. The summed E-state index contributed by atoms with van der Waals surface area (Å²) in [6.07, 6.45) is 10.5. The Morgan fingerprint density at radius 1 is 0.900 bits per heavy atom. The van der Waals surface area contributed by atoms with Crippen molar-refractivity contribution in [3.8, 4) is 0 Å². The first kappa shape index (κ1) is 26.5. The molecule has 0 amide bonds. The highest BCUT2D eigenvalue weighted by atomic mass is 32.2. The molecule has 1 aromatic rings. The standard InChI is InChI=1S/C25H40O4S/c1-3-4-5-8-14-19-30-21-22(2)25(27)28-18-13-7-6-12-17-24(26)29-20-23-15-10-9-11-16-23/h9-11,15-16,22H,3-8,12-14,17-21H2,1-2H3. The lowest BCUT2D eigenvalue weighted by Crippen LogP contribution is -2.17. The highest BCUT2D eigenvalue weighted by Crippen LogP contribution is 2.14. The van der Waals surface area contributed by atoms with E-state index >= 15 is 0 Å². The summed E-state index contributed by atoms with van der Waals surface area (Å²) in [5.41, 5.74) is 1.01. The number of hydrogen-bond acceptors (Lipinski definition) is 5. The SMILES string of the molecule is CCCCCCCSCC(C)C(=O)OCCCCCCC(=O)OCc1ccccc1. The van der Waals surface area contributed by atoms with E-state index in [2.05, 4.69) is 6.92 Å². The van der Waals surface area contributed by atoms with Gasteiger partial charge in [-0.05, 0) is 30.6 Å². The van der Waals surface area contributed by atoms with E-state index in [0.717, 1.165) is 42.8 Å². The van der Waals surface area contributed by atoms with Crippen LogP contribution in [0.1, 0.15) is 83.6 Å². The number of esters is 2. The van der Waals surface area contributed by atoms with Crippen LogP contribution in [-0.2, 0) is 25.7 Å². The van der Waals surface area contributed by atoms with Crippen LogP contribution in [0.25, 0.3) is 0 Å². The van der Waals surface area contributed by atoms with Gasteiger partial charge in [0.05, 0.1) is 12.5 Å². The van der Waals surface area contributed by atoms with E-state index in [1.807, 2.05) is 49.0 Å². The summed E-state index contributed by atoms with van der Waals surface area (Å²) < 4.78 is 10.7. The van der Waals surface area contributed by atoms with Crippen LogP contribution in [0, 0.1) is 5.92 Å². The van der Waals surface area contributed by atoms with Crippen LogP contribution < -0.4 is 0 Å². The Morgan fingerprint density at radius 2 is 1.60 bits per heavy atom. The van der Waals surface area contributed by atoms with Crippen molar-refractivity contribution in [2.45, 2.75) is 84.7 Å². The normalized spacial score (nSPS) is 11.8. The van der Waals surface area contributed by atoms with Crippen LogP contribution in [0.5, 0.6) is 0 Å². The molecule has 0 bridgehead atoms. The minimum absolute atomic E-state index is 0.0370. The molecule has 0 aliphatic carbocycles. The lowest BCUT2D eigenvalue weighted by molar-refractivity contribution is -0.147. The molecular formula is C25H40O4S. The highest BCUT2D eigenvalue weighted by molar-refractivity contribution is 7.99. The lowest BCUT2D eigenvalue weighted by atomic mass is 10.1. The number of hydrogen-bond donors (Lipinski definition) is 0. The largest absolute Gasteiger partial charge is 0.465 e. The molecule has 0 fully saturated rings. The minimum atomic E-state index is -0.151. The van der Waals surface area contributed by atoms with Crippen molar-refractivity contribution in [2.75, 3.05) is 18.1 Å². The molecule has 5 heteroatoms. The molecule has 0 aromatic heterocycles. The van der Waals surface area contributed by atoms with Gasteiger partial charge in [0, 0.05) is 12.2 Å². The lowest BCUT2D eigenvalue weighted by Gasteiger charge is -2.11. The second kappa shape index (κ2) is 18.3. The van der Waals surface area contributed by atoms with Gasteiger partial charge in [0.2, 0.25) is 0 Å². The molecule has 0 heterocycles. The van der Waals surface area contributed by atoms with E-state index in [1.165, 1.54) is 32.1 Å². The van der Waals surface area contributed by atoms with Gasteiger partial charge in [-0.15, -0.1) is 0 Å². The molecule has 1 unspecified atom stereocenters. The fourth-order valence-corrected chi connectivity index (χ4v) is 4.05. The summed E-state index contributed by atoms with van der Waals surface area (Å²) >= 11 is 1.86. The maximum absolute atomic E-state index is 12.0. The molecule has 30 heavy (non-hydrogen) atoms. The van der Waals surface area contributed by atoms with E-state index in [4.69, 9.17) is 9.47 Å². The van der Waals surface area contributed by atoms with Crippen molar-refractivity contribution < 1.29 is 19.1 Å². The fourth-order valence-electron chi connectivity index (χ4n) is 2.99. The van der Waals surface area contributed by atoms with Crippen LogP contribution in [0.4, 0.5) is 0 Å². The Bertz CT molecular complexity index is 562. The maximum Gasteiger partial charge on any atom is 0.309 e. The van der Waals surface area contributed by atoms with Crippen LogP contribution >= 0.6 is 11.8 Å². The predicted octanol–water partition coefficient (Wildman–Crippen LogP) is 6.56. The van der Waals surface area contributed by atoms with Gasteiger partial charge >= 0.3 is 11.9 Å². The third-order valence-corrected chi connectivity index (χ3v) is 6.24. The first-order valence-electron chi connectivity index (χ1n) is 11.6. The molecule has 1 atom stereocenters. The molecule has 170 valence electrons. The molecule has 0 N–H and O–H groups in total. The zero-order chi connectivity index (χ0) is 21.9. The summed E-state index contributed by atoms with van der Waals surface area (Å²) in [5, 5.41) is 0. The molecule has 0 spiro atoms. The zero-order valence-electron chi connectivity index (χ0n) is 18.9. The molecule has 0 aliphatic heterocycles. The maximum atomic E-state index is 12.0. The third-order valence-electron chi connectivity index (χ3n) is 4.92. The highest BCUT2D eigenvalue weighted by Gasteiger charge is 2.14. The topological polar surface area (TPSA) is 52.6 Å². The smallest absolute Gasteiger partial charge is 0.309 e. The molecule has 1 aromatic carbocycles. The Hall–Kier alpha value is -1.49. The van der Waals surface area contributed by atoms with Crippen molar-refractivity contribution in [1.82, 2.24) is 0 Å². The average Bonchev–Trinajstić information content (AvgIpc) is 2.76. The summed E-state index contributed by atoms with van der Waals surface area (Å²) in [6, 6.07) is 9.71. The minimum Gasteiger partial charge on any atom is -0.465 e. The van der Waals surface area contributed by atoms with E-state index in [0.29, 0.717) is 19.6 Å². The number of thioether (sulfide) groups is 1. The average molecular weight is 437 g/mol. The first-order valence-corrected chi connectivity index (χ1v) is 12.7. The van der Waals surface area contributed by atoms with Gasteiger partial charge < -0.3 is 9.47 Å². The summed E-state index contributed by atoms with van der Waals surface area (Å²) in [7, 11) is 0. The van der Waals surface area contributed by atoms with Gasteiger partial charge in [0.1, 0.15) is 6.61 Å². The summed E-state index contributed by atoms with van der Waals surface area (Å²) in [6.45, 7) is 4.99. The number of rotatable bonds is 18. The molecular weight excluding hydrogens is 396 g/mol. The van der Waals surface area contributed by atoms with Gasteiger partial charge in [-0.25, -0.2) is 0 Å². The molecule has 1 rings (SSSR count). The first-order chi connectivity index (χ1) is 14.6. The van der Waals surface area contributed by atoms with E-state index in [-0.39, 0.29) is 17.9 Å². The van der Waals surface area contributed by atoms with Crippen LogP contribution in [-0.4, -0.2) is 30.1 Å². The van der Waals surface area contributed by atoms with Gasteiger partial charge in [0.15, 0.2) is 0 Å². The Balaban J connectivity index is 1.91. The second-order valence-electron chi connectivity index (χ2n) is 7.87. The van der Waals surface area contributed by atoms with E-state index in [1.54, 1.807) is 0 Å². The number of carbonyl (C=O) groups excluding carboxylic acids is 2. The monoisotopic (exact) mass is 436 g/mol. The Labute approximate surface area is 187 Å². The van der Waals surface area contributed by atoms with Gasteiger partial charge in [-0.2, -0.15) is 11.8 Å². The number of carbonyl (C=O) groups is 2. The van der Waals surface area contributed by atoms with Gasteiger partial charge in [-0.1, -0.05) is 82.7 Å². The Morgan fingerprint density at radius 3 is 2.37 bits per heavy atom. The number of ether oxygens (including phenoxy) is 2. The number of unbranched alkanes of at least 4 members (excludes halogenated alkanes) is 7. The molecule has 0 radical (unpaired) electrons. The fraction of sp³-hybridized carbons (Fsp3) is 0.680. The van der Waals surface area contributed by atoms with E-state index in [9.17, 15) is 9.59 Å². The van der Waals surface area contributed by atoms with Crippen LogP contribution in [0.15, 0.2) is 30.3 Å². The zero-order valence-corrected chi connectivity index (χ0v) is 19.7. The van der Waals surface area contributed by atoms with Crippen LogP contribution in [0.3, 0.4) is 0 Å². The molecule has 0 aliphatic rings. The second-order valence-corrected chi connectivity index (χ2v) is 9.02. The van der Waals surface area contributed by atoms with Crippen LogP contribution in [0.2, 0.25) is 0 Å². The summed E-state index contributed by atoms with van der Waals surface area (Å²) in [4.78, 5) is 23.8. The predicted molar refractivity (Wildman–Crippen MR) is 126 cm³/mol. The van der Waals surface area contributed by atoms with Gasteiger partial charge in [-0.3, -0.25) is 9.59 Å². The van der Waals surface area contributed by atoms with E-state index < -0.39 is 0 Å². The van der Waals surface area contributed by atoms with Crippen molar-refractivity contribution in [3.05, 3.63) is 35.9 Å². The summed E-state index contributed by atoms with van der Waals surface area (Å²) in [5.74, 6) is 1.71. The van der Waals surface area contributed by atoms with Gasteiger partial charge in [0.25, 0.3) is 0 Å². The third kappa shape index (κ3) is 14.5. The number of benzene rings is 1. The molecule has 0 saturated carbocycles. The Kier molecular flexibility index (Phi) is 16.2. The van der Waals surface area contributed by atoms with Crippen molar-refractivity contribution in [1.29, 1.82) is 0 Å². The van der Waals surface area contributed by atoms with Crippen molar-refractivity contribution >= 4 is 23.7 Å². The molecule has 4 nitrogen and oxygen atoms in total. The van der Waals surface area contributed by atoms with Crippen molar-refractivity contribution in [3.63, 3.8) is 0 Å².